The number of ether oxygens (including phenoxy) is 1. The van der Waals surface area contributed by atoms with Crippen LogP contribution in [0.4, 0.5) is 17.7 Å². The van der Waals surface area contributed by atoms with Gasteiger partial charge in [-0.2, -0.15) is 4.98 Å². The highest BCUT2D eigenvalue weighted by molar-refractivity contribution is 5.82. The first kappa shape index (κ1) is 24.0. The van der Waals surface area contributed by atoms with Gasteiger partial charge in [0.1, 0.15) is 5.82 Å². The van der Waals surface area contributed by atoms with E-state index in [-0.39, 0.29) is 24.4 Å². The van der Waals surface area contributed by atoms with Crippen LogP contribution in [0.1, 0.15) is 20.3 Å². The summed E-state index contributed by atoms with van der Waals surface area (Å²) in [5, 5.41) is 13.7. The van der Waals surface area contributed by atoms with Crippen LogP contribution < -0.4 is 21.7 Å². The smallest absolute Gasteiger partial charge is 0.239 e. The molecule has 2 aromatic heterocycles. The summed E-state index contributed by atoms with van der Waals surface area (Å²) in [6.45, 7) is 7.05. The summed E-state index contributed by atoms with van der Waals surface area (Å²) in [6, 6.07) is 1.22. The first-order valence-corrected chi connectivity index (χ1v) is 11.5. The number of nitrogens with two attached hydrogens (primary N) is 2. The van der Waals surface area contributed by atoms with Gasteiger partial charge in [-0.3, -0.25) is 4.79 Å². The molecule has 0 spiro atoms. The zero-order chi connectivity index (χ0) is 24.3. The first-order valence-electron chi connectivity index (χ1n) is 11.5. The van der Waals surface area contributed by atoms with Gasteiger partial charge in [-0.15, -0.1) is 0 Å². The normalized spacial score (nSPS) is 21.7. The van der Waals surface area contributed by atoms with E-state index in [0.29, 0.717) is 68.8 Å². The SMILES string of the molecule is CC(C)[C@@H](N)C(=O)N1CC[C@](CO)(Nc2cc(-c3cnc(N)nc3)nc(N3CCOCC3)n2)C1. The van der Waals surface area contributed by atoms with Crippen LogP contribution in [0.2, 0.25) is 0 Å². The van der Waals surface area contributed by atoms with Crippen LogP contribution in [0.3, 0.4) is 0 Å². The second-order valence-electron chi connectivity index (χ2n) is 9.21. The second kappa shape index (κ2) is 10.0. The van der Waals surface area contributed by atoms with E-state index in [0.717, 1.165) is 0 Å². The number of aliphatic hydroxyl groups excluding tert-OH is 1. The van der Waals surface area contributed by atoms with Crippen LogP contribution in [-0.4, -0.2) is 93.4 Å². The number of nitrogen functional groups attached to an aromatic ring is 1. The van der Waals surface area contributed by atoms with Gasteiger partial charge in [0.05, 0.1) is 37.1 Å². The van der Waals surface area contributed by atoms with E-state index in [4.69, 9.17) is 26.2 Å². The molecule has 2 aromatic rings. The molecule has 4 heterocycles. The van der Waals surface area contributed by atoms with Gasteiger partial charge in [-0.05, 0) is 12.3 Å². The average Bonchev–Trinajstić information content (AvgIpc) is 3.28. The van der Waals surface area contributed by atoms with Crippen LogP contribution in [0, 0.1) is 5.92 Å². The number of rotatable bonds is 7. The van der Waals surface area contributed by atoms with Crippen LogP contribution in [0.25, 0.3) is 11.3 Å². The predicted octanol–water partition coefficient (Wildman–Crippen LogP) is -0.289. The summed E-state index contributed by atoms with van der Waals surface area (Å²) in [4.78, 5) is 34.2. The topological polar surface area (TPSA) is 169 Å². The monoisotopic (exact) mass is 471 g/mol. The molecule has 12 nitrogen and oxygen atoms in total. The zero-order valence-electron chi connectivity index (χ0n) is 19.6. The zero-order valence-corrected chi connectivity index (χ0v) is 19.6. The Labute approximate surface area is 198 Å². The highest BCUT2D eigenvalue weighted by Gasteiger charge is 2.41. The van der Waals surface area contributed by atoms with E-state index in [1.165, 1.54) is 0 Å². The number of anilines is 3. The molecule has 0 radical (unpaired) electrons. The maximum Gasteiger partial charge on any atom is 0.239 e. The fourth-order valence-electron chi connectivity index (χ4n) is 4.12. The lowest BCUT2D eigenvalue weighted by Gasteiger charge is -2.31. The van der Waals surface area contributed by atoms with E-state index < -0.39 is 11.6 Å². The number of nitrogens with one attached hydrogen (secondary N) is 1. The van der Waals surface area contributed by atoms with Gasteiger partial charge in [0, 0.05) is 50.2 Å². The third-order valence-corrected chi connectivity index (χ3v) is 6.34. The maximum atomic E-state index is 12.8. The highest BCUT2D eigenvalue weighted by atomic mass is 16.5. The molecule has 0 bridgehead atoms. The lowest BCUT2D eigenvalue weighted by Crippen LogP contribution is -2.50. The molecular weight excluding hydrogens is 438 g/mol. The van der Waals surface area contributed by atoms with Crippen molar-refractivity contribution in [3.8, 4) is 11.3 Å². The van der Waals surface area contributed by atoms with Crippen molar-refractivity contribution >= 4 is 23.6 Å². The summed E-state index contributed by atoms with van der Waals surface area (Å²) in [6.07, 6.45) is 3.79. The van der Waals surface area contributed by atoms with E-state index in [9.17, 15) is 9.90 Å². The number of carbonyl (C=O) groups excluding carboxylic acids is 1. The largest absolute Gasteiger partial charge is 0.394 e. The lowest BCUT2D eigenvalue weighted by atomic mass is 9.99. The molecule has 0 unspecified atom stereocenters. The second-order valence-corrected chi connectivity index (χ2v) is 9.21. The quantitative estimate of drug-likeness (QED) is 0.418. The number of hydrogen-bond donors (Lipinski definition) is 4. The molecule has 2 aliphatic rings. The summed E-state index contributed by atoms with van der Waals surface area (Å²) >= 11 is 0. The van der Waals surface area contributed by atoms with E-state index in [1.54, 1.807) is 23.4 Å². The number of hydrogen-bond acceptors (Lipinski definition) is 11. The minimum atomic E-state index is -0.738. The van der Waals surface area contributed by atoms with E-state index >= 15 is 0 Å². The van der Waals surface area contributed by atoms with Crippen LogP contribution in [-0.2, 0) is 9.53 Å². The molecule has 2 aliphatic heterocycles. The van der Waals surface area contributed by atoms with Crippen molar-refractivity contribution in [1.82, 2.24) is 24.8 Å². The van der Waals surface area contributed by atoms with Gasteiger partial charge in [-0.1, -0.05) is 13.8 Å². The average molecular weight is 472 g/mol. The van der Waals surface area contributed by atoms with Gasteiger partial charge in [-0.25, -0.2) is 15.0 Å². The highest BCUT2D eigenvalue weighted by Crippen LogP contribution is 2.29. The number of morpholine rings is 1. The van der Waals surface area contributed by atoms with Crippen molar-refractivity contribution in [3.63, 3.8) is 0 Å². The van der Waals surface area contributed by atoms with Gasteiger partial charge in [0.2, 0.25) is 17.8 Å². The van der Waals surface area contributed by atoms with Crippen molar-refractivity contribution in [3.05, 3.63) is 18.5 Å². The number of likely N-dealkylation sites (tertiary alicyclic amines) is 1. The Hall–Kier alpha value is -3.09. The Balaban J connectivity index is 1.62. The van der Waals surface area contributed by atoms with Crippen LogP contribution >= 0.6 is 0 Å². The first-order chi connectivity index (χ1) is 16.3. The van der Waals surface area contributed by atoms with Crippen molar-refractivity contribution in [2.24, 2.45) is 11.7 Å². The van der Waals surface area contributed by atoms with Crippen molar-refractivity contribution < 1.29 is 14.6 Å². The molecule has 4 rings (SSSR count). The molecule has 184 valence electrons. The molecule has 2 saturated heterocycles. The number of aromatic nitrogens is 4. The van der Waals surface area contributed by atoms with E-state index in [1.807, 2.05) is 18.7 Å². The predicted molar refractivity (Wildman–Crippen MR) is 128 cm³/mol. The standard InChI is InChI=1S/C22H33N9O3/c1-14(2)18(23)19(33)31-4-3-22(12-31,13-32)29-17-9-16(15-10-25-20(24)26-11-15)27-21(28-17)30-5-7-34-8-6-30/h9-11,14,18,32H,3-8,12-13,23H2,1-2H3,(H2,24,25,26)(H,27,28,29)/t18-,22+/m1/s1. The van der Waals surface area contributed by atoms with Crippen molar-refractivity contribution in [1.29, 1.82) is 0 Å². The van der Waals surface area contributed by atoms with Gasteiger partial charge in [0.25, 0.3) is 0 Å². The Morgan fingerprint density at radius 1 is 1.24 bits per heavy atom. The molecule has 0 aliphatic carbocycles. The molecule has 2 atom stereocenters. The van der Waals surface area contributed by atoms with Crippen molar-refractivity contribution in [2.75, 3.05) is 62.0 Å². The molecule has 6 N–H and O–H groups in total. The van der Waals surface area contributed by atoms with Gasteiger partial charge < -0.3 is 36.4 Å². The summed E-state index contributed by atoms with van der Waals surface area (Å²) in [5.74, 6) is 1.19. The molecule has 1 amide bonds. The summed E-state index contributed by atoms with van der Waals surface area (Å²) < 4.78 is 5.46. The fraction of sp³-hybridized carbons (Fsp3) is 0.591. The molecule has 0 aromatic carbocycles. The summed E-state index contributed by atoms with van der Waals surface area (Å²) in [5.41, 5.74) is 12.3. The van der Waals surface area contributed by atoms with Crippen LogP contribution in [0.15, 0.2) is 18.5 Å². The number of amides is 1. The lowest BCUT2D eigenvalue weighted by molar-refractivity contribution is -0.132. The summed E-state index contributed by atoms with van der Waals surface area (Å²) in [7, 11) is 0. The van der Waals surface area contributed by atoms with E-state index in [2.05, 4.69) is 15.3 Å². The van der Waals surface area contributed by atoms with Gasteiger partial charge in [0.15, 0.2) is 0 Å². The maximum absolute atomic E-state index is 12.8. The molecule has 12 heteroatoms. The molecule has 2 fully saturated rings. The van der Waals surface area contributed by atoms with Crippen LogP contribution in [0.5, 0.6) is 0 Å². The number of carbonyl (C=O) groups is 1. The third kappa shape index (κ3) is 5.18. The molecule has 0 saturated carbocycles. The fourth-order valence-corrected chi connectivity index (χ4v) is 4.12. The molecule has 34 heavy (non-hydrogen) atoms. The number of aliphatic hydroxyl groups is 1. The Bertz CT molecular complexity index is 998. The molecular formula is C22H33N9O3. The minimum absolute atomic E-state index is 0.0345. The minimum Gasteiger partial charge on any atom is -0.394 e. The Kier molecular flexibility index (Phi) is 7.10. The van der Waals surface area contributed by atoms with Gasteiger partial charge >= 0.3 is 0 Å². The Morgan fingerprint density at radius 3 is 2.59 bits per heavy atom. The third-order valence-electron chi connectivity index (χ3n) is 6.34. The number of nitrogens with zero attached hydrogens (tertiary/aromatic N) is 6. The van der Waals surface area contributed by atoms with Crippen molar-refractivity contribution in [2.45, 2.75) is 31.8 Å². The Morgan fingerprint density at radius 2 is 1.94 bits per heavy atom.